The summed E-state index contributed by atoms with van der Waals surface area (Å²) in [5.74, 6) is 0.0869. The maximum atomic E-state index is 12.2. The van der Waals surface area contributed by atoms with Crippen molar-refractivity contribution in [2.45, 2.75) is 44.6 Å². The average molecular weight is 448 g/mol. The first-order valence-corrected chi connectivity index (χ1v) is 17.2. The SMILES string of the molecule is C[Si](C)(Cl)O[Si](C)(C)CCCNC(=O)OCC1c2ccccc2-c2ccccc21. The Morgan fingerprint density at radius 1 is 1.00 bits per heavy atom. The molecule has 1 aliphatic rings. The molecule has 0 spiro atoms. The molecule has 2 aromatic carbocycles. The summed E-state index contributed by atoms with van der Waals surface area (Å²) in [6.07, 6.45) is 0.504. The van der Waals surface area contributed by atoms with Gasteiger partial charge < -0.3 is 14.2 Å². The third-order valence-electron chi connectivity index (χ3n) is 5.09. The van der Waals surface area contributed by atoms with E-state index in [1.807, 2.05) is 37.4 Å². The fourth-order valence-electron chi connectivity index (χ4n) is 4.06. The lowest BCUT2D eigenvalue weighted by atomic mass is 9.98. The molecule has 1 N–H and O–H groups in total. The first kappa shape index (κ1) is 22.1. The summed E-state index contributed by atoms with van der Waals surface area (Å²) in [7, 11) is -3.83. The Balaban J connectivity index is 1.48. The average Bonchev–Trinajstić information content (AvgIpc) is 2.96. The Morgan fingerprint density at radius 2 is 1.55 bits per heavy atom. The number of hydrogen-bond donors (Lipinski definition) is 1. The van der Waals surface area contributed by atoms with Crippen LogP contribution in [-0.2, 0) is 8.85 Å². The van der Waals surface area contributed by atoms with Crippen molar-refractivity contribution in [1.29, 1.82) is 0 Å². The van der Waals surface area contributed by atoms with E-state index >= 15 is 0 Å². The normalized spacial score (nSPS) is 13.7. The number of nitrogens with one attached hydrogen (secondary N) is 1. The standard InChI is InChI=1S/C22H30ClNO3Si2/c1-28(2,27-29(3,4)23)15-9-14-24-22(25)26-16-21-19-12-7-5-10-17(19)18-11-6-8-13-20(18)21/h5-8,10-13,21H,9,14-16H2,1-4H3,(H,24,25). The number of carbonyl (C=O) groups excluding carboxylic acids is 1. The molecule has 29 heavy (non-hydrogen) atoms. The van der Waals surface area contributed by atoms with Gasteiger partial charge >= 0.3 is 6.09 Å². The Bertz CT molecular complexity index is 822. The molecule has 0 atom stereocenters. The molecule has 0 aromatic heterocycles. The monoisotopic (exact) mass is 447 g/mol. The molecule has 1 amide bonds. The van der Waals surface area contributed by atoms with E-state index in [1.54, 1.807) is 0 Å². The molecule has 2 aromatic rings. The molecule has 0 heterocycles. The van der Waals surface area contributed by atoms with Crippen molar-refractivity contribution in [3.8, 4) is 11.1 Å². The van der Waals surface area contributed by atoms with E-state index in [0.717, 1.165) is 12.5 Å². The van der Waals surface area contributed by atoms with Crippen molar-refractivity contribution in [3.05, 3.63) is 59.7 Å². The predicted molar refractivity (Wildman–Crippen MR) is 124 cm³/mol. The van der Waals surface area contributed by atoms with Gasteiger partial charge in [0, 0.05) is 12.5 Å². The summed E-state index contributed by atoms with van der Waals surface area (Å²) in [6.45, 7) is 9.28. The Kier molecular flexibility index (Phi) is 6.88. The second-order valence-electron chi connectivity index (χ2n) is 8.58. The van der Waals surface area contributed by atoms with E-state index < -0.39 is 15.9 Å². The lowest BCUT2D eigenvalue weighted by molar-refractivity contribution is 0.143. The third kappa shape index (κ3) is 5.95. The van der Waals surface area contributed by atoms with Crippen LogP contribution < -0.4 is 5.32 Å². The van der Waals surface area contributed by atoms with Gasteiger partial charge in [0.25, 0.3) is 7.63 Å². The molecule has 0 saturated heterocycles. The van der Waals surface area contributed by atoms with Gasteiger partial charge in [-0.25, -0.2) is 4.79 Å². The number of rotatable bonds is 8. The van der Waals surface area contributed by atoms with Crippen LogP contribution in [0.15, 0.2) is 48.5 Å². The number of benzene rings is 2. The van der Waals surface area contributed by atoms with Gasteiger partial charge in [-0.3, -0.25) is 0 Å². The number of halogens is 1. The van der Waals surface area contributed by atoms with Crippen molar-refractivity contribution in [2.75, 3.05) is 13.2 Å². The summed E-state index contributed by atoms with van der Waals surface area (Å²) >= 11 is 6.32. The van der Waals surface area contributed by atoms with Crippen LogP contribution >= 0.6 is 11.1 Å². The van der Waals surface area contributed by atoms with Gasteiger partial charge in [-0.05, 0) is 60.9 Å². The number of carbonyl (C=O) groups is 1. The van der Waals surface area contributed by atoms with Gasteiger partial charge in [0.15, 0.2) is 8.32 Å². The highest BCUT2D eigenvalue weighted by Gasteiger charge is 2.31. The van der Waals surface area contributed by atoms with Crippen molar-refractivity contribution in [1.82, 2.24) is 5.32 Å². The van der Waals surface area contributed by atoms with Crippen LogP contribution in [0.25, 0.3) is 11.1 Å². The first-order valence-electron chi connectivity index (χ1n) is 10.1. The largest absolute Gasteiger partial charge is 0.449 e. The van der Waals surface area contributed by atoms with E-state index in [2.05, 4.69) is 42.7 Å². The molecule has 0 saturated carbocycles. The minimum absolute atomic E-state index is 0.0869. The molecule has 0 bridgehead atoms. The third-order valence-corrected chi connectivity index (χ3v) is 11.5. The highest BCUT2D eigenvalue weighted by atomic mass is 35.6. The molecule has 3 rings (SSSR count). The smallest absolute Gasteiger partial charge is 0.407 e. The maximum Gasteiger partial charge on any atom is 0.407 e. The van der Waals surface area contributed by atoms with Crippen LogP contribution in [0.5, 0.6) is 0 Å². The van der Waals surface area contributed by atoms with Gasteiger partial charge in [-0.1, -0.05) is 48.5 Å². The van der Waals surface area contributed by atoms with Crippen LogP contribution in [-0.4, -0.2) is 35.2 Å². The molecule has 0 aliphatic heterocycles. The molecular formula is C22H30ClNO3Si2. The maximum absolute atomic E-state index is 12.2. The zero-order valence-electron chi connectivity index (χ0n) is 17.6. The van der Waals surface area contributed by atoms with Crippen molar-refractivity contribution >= 4 is 33.1 Å². The molecule has 4 nitrogen and oxygen atoms in total. The predicted octanol–water partition coefficient (Wildman–Crippen LogP) is 6.08. The summed E-state index contributed by atoms with van der Waals surface area (Å²) in [5, 5.41) is 2.87. The summed E-state index contributed by atoms with van der Waals surface area (Å²) in [5.41, 5.74) is 4.91. The molecular weight excluding hydrogens is 418 g/mol. The first-order chi connectivity index (χ1) is 13.7. The Labute approximate surface area is 180 Å². The highest BCUT2D eigenvalue weighted by molar-refractivity contribution is 7.17. The lowest BCUT2D eigenvalue weighted by Gasteiger charge is -2.29. The zero-order chi connectivity index (χ0) is 21.1. The topological polar surface area (TPSA) is 47.6 Å². The van der Waals surface area contributed by atoms with Gasteiger partial charge in [0.1, 0.15) is 6.61 Å². The molecule has 7 heteroatoms. The van der Waals surface area contributed by atoms with E-state index in [1.165, 1.54) is 22.3 Å². The van der Waals surface area contributed by atoms with Crippen molar-refractivity contribution in [3.63, 3.8) is 0 Å². The Hall–Kier alpha value is -1.61. The van der Waals surface area contributed by atoms with Gasteiger partial charge in [0.05, 0.1) is 0 Å². The minimum atomic E-state index is -2.04. The lowest BCUT2D eigenvalue weighted by Crippen LogP contribution is -2.41. The van der Waals surface area contributed by atoms with E-state index in [4.69, 9.17) is 19.9 Å². The molecule has 156 valence electrons. The van der Waals surface area contributed by atoms with E-state index in [9.17, 15) is 4.79 Å². The van der Waals surface area contributed by atoms with Crippen LogP contribution in [0.2, 0.25) is 32.2 Å². The highest BCUT2D eigenvalue weighted by Crippen LogP contribution is 2.44. The molecule has 1 aliphatic carbocycles. The van der Waals surface area contributed by atoms with Gasteiger partial charge in [-0.2, -0.15) is 0 Å². The molecule has 0 fully saturated rings. The number of hydrogen-bond acceptors (Lipinski definition) is 3. The number of fused-ring (bicyclic) bond motifs is 3. The Morgan fingerprint density at radius 3 is 2.10 bits per heavy atom. The fourth-order valence-corrected chi connectivity index (χ4v) is 12.6. The summed E-state index contributed by atoms with van der Waals surface area (Å²) in [4.78, 5) is 12.2. The second-order valence-corrected chi connectivity index (χ2v) is 18.9. The van der Waals surface area contributed by atoms with Crippen LogP contribution in [0.3, 0.4) is 0 Å². The zero-order valence-corrected chi connectivity index (χ0v) is 20.4. The molecule has 0 radical (unpaired) electrons. The van der Waals surface area contributed by atoms with Crippen LogP contribution in [0, 0.1) is 0 Å². The van der Waals surface area contributed by atoms with E-state index in [-0.39, 0.29) is 12.0 Å². The van der Waals surface area contributed by atoms with Gasteiger partial charge in [0.2, 0.25) is 0 Å². The summed E-state index contributed by atoms with van der Waals surface area (Å²) < 4.78 is 11.7. The second kappa shape index (κ2) is 9.04. The number of ether oxygens (including phenoxy) is 1. The van der Waals surface area contributed by atoms with E-state index in [0.29, 0.717) is 13.2 Å². The van der Waals surface area contributed by atoms with Crippen LogP contribution in [0.4, 0.5) is 4.79 Å². The quantitative estimate of drug-likeness (QED) is 0.303. The number of amides is 1. The van der Waals surface area contributed by atoms with Crippen LogP contribution in [0.1, 0.15) is 23.5 Å². The fraction of sp³-hybridized carbons (Fsp3) is 0.409. The molecule has 0 unspecified atom stereocenters. The van der Waals surface area contributed by atoms with Gasteiger partial charge in [-0.15, -0.1) is 11.1 Å². The number of alkyl carbamates (subject to hydrolysis) is 1. The van der Waals surface area contributed by atoms with Crippen molar-refractivity contribution in [2.24, 2.45) is 0 Å². The summed E-state index contributed by atoms with van der Waals surface area (Å²) in [6, 6.07) is 17.6. The minimum Gasteiger partial charge on any atom is -0.449 e. The van der Waals surface area contributed by atoms with Crippen molar-refractivity contribution < 1.29 is 13.6 Å².